The van der Waals surface area contributed by atoms with Crippen molar-refractivity contribution in [3.8, 4) is 0 Å². The molecule has 1 aliphatic rings. The summed E-state index contributed by atoms with van der Waals surface area (Å²) in [5, 5.41) is 10.8. The molecule has 1 aliphatic heterocycles. The minimum Gasteiger partial charge on any atom is -0.378 e. The van der Waals surface area contributed by atoms with E-state index >= 15 is 0 Å². The number of pyridine rings is 1. The predicted octanol–water partition coefficient (Wildman–Crippen LogP) is 0.826. The molecular formula is C9H11N3O3. The van der Waals surface area contributed by atoms with Crippen LogP contribution in [0.1, 0.15) is 0 Å². The van der Waals surface area contributed by atoms with Crippen LogP contribution in [0.25, 0.3) is 0 Å². The van der Waals surface area contributed by atoms with Crippen LogP contribution in [0, 0.1) is 10.1 Å². The molecule has 15 heavy (non-hydrogen) atoms. The summed E-state index contributed by atoms with van der Waals surface area (Å²) in [4.78, 5) is 16.2. The second-order valence-corrected chi connectivity index (χ2v) is 3.22. The second kappa shape index (κ2) is 4.22. The van der Waals surface area contributed by atoms with Crippen molar-refractivity contribution in [2.45, 2.75) is 0 Å². The molecule has 0 radical (unpaired) electrons. The molecule has 80 valence electrons. The number of rotatable bonds is 2. The van der Waals surface area contributed by atoms with E-state index in [9.17, 15) is 10.1 Å². The Morgan fingerprint density at radius 1 is 1.47 bits per heavy atom. The molecule has 0 spiro atoms. The second-order valence-electron chi connectivity index (χ2n) is 3.22. The molecule has 0 aromatic carbocycles. The first-order valence-electron chi connectivity index (χ1n) is 4.70. The maximum atomic E-state index is 10.8. The van der Waals surface area contributed by atoms with Gasteiger partial charge in [0.15, 0.2) is 0 Å². The summed E-state index contributed by atoms with van der Waals surface area (Å²) in [6.07, 6.45) is 2.96. The lowest BCUT2D eigenvalue weighted by Gasteiger charge is -2.27. The van der Waals surface area contributed by atoms with Crippen molar-refractivity contribution in [1.82, 2.24) is 4.98 Å². The minimum absolute atomic E-state index is 0.104. The zero-order valence-corrected chi connectivity index (χ0v) is 8.13. The average molecular weight is 209 g/mol. The number of ether oxygens (including phenoxy) is 1. The van der Waals surface area contributed by atoms with Gasteiger partial charge in [0.2, 0.25) is 0 Å². The van der Waals surface area contributed by atoms with Crippen LogP contribution in [0.4, 0.5) is 11.4 Å². The summed E-state index contributed by atoms with van der Waals surface area (Å²) in [7, 11) is 0. The van der Waals surface area contributed by atoms with Crippen molar-refractivity contribution in [2.24, 2.45) is 0 Å². The highest BCUT2D eigenvalue weighted by atomic mass is 16.6. The first-order chi connectivity index (χ1) is 7.29. The van der Waals surface area contributed by atoms with E-state index in [2.05, 4.69) is 4.98 Å². The Kier molecular flexibility index (Phi) is 2.77. The highest BCUT2D eigenvalue weighted by molar-refractivity contribution is 5.61. The molecule has 6 heteroatoms. The highest BCUT2D eigenvalue weighted by Crippen LogP contribution is 2.26. The van der Waals surface area contributed by atoms with Crippen LogP contribution in [0.2, 0.25) is 0 Å². The molecule has 1 saturated heterocycles. The standard InChI is InChI=1S/C9H11N3O3/c13-12(14)8-1-2-10-7-9(8)11-3-5-15-6-4-11/h1-2,7H,3-6H2. The van der Waals surface area contributed by atoms with E-state index in [1.54, 1.807) is 0 Å². The molecule has 1 aromatic heterocycles. The van der Waals surface area contributed by atoms with Gasteiger partial charge < -0.3 is 9.64 Å². The van der Waals surface area contributed by atoms with Crippen LogP contribution in [-0.2, 0) is 4.74 Å². The van der Waals surface area contributed by atoms with Gasteiger partial charge in [-0.05, 0) is 0 Å². The van der Waals surface area contributed by atoms with Gasteiger partial charge in [0.1, 0.15) is 5.69 Å². The summed E-state index contributed by atoms with van der Waals surface area (Å²) < 4.78 is 5.19. The summed E-state index contributed by atoms with van der Waals surface area (Å²) in [6.45, 7) is 2.55. The van der Waals surface area contributed by atoms with Gasteiger partial charge >= 0.3 is 0 Å². The van der Waals surface area contributed by atoms with Crippen LogP contribution in [0.5, 0.6) is 0 Å². The van der Waals surface area contributed by atoms with Gasteiger partial charge in [0.05, 0.1) is 24.3 Å². The number of nitrogens with zero attached hydrogens (tertiary/aromatic N) is 3. The third kappa shape index (κ3) is 2.04. The lowest BCUT2D eigenvalue weighted by molar-refractivity contribution is -0.384. The molecule has 2 rings (SSSR count). The van der Waals surface area contributed by atoms with Gasteiger partial charge in [-0.3, -0.25) is 15.1 Å². The highest BCUT2D eigenvalue weighted by Gasteiger charge is 2.20. The van der Waals surface area contributed by atoms with Gasteiger partial charge in [-0.2, -0.15) is 0 Å². The predicted molar refractivity (Wildman–Crippen MR) is 53.9 cm³/mol. The van der Waals surface area contributed by atoms with E-state index in [1.807, 2.05) is 4.90 Å². The third-order valence-electron chi connectivity index (χ3n) is 2.33. The monoisotopic (exact) mass is 209 g/mol. The number of anilines is 1. The Morgan fingerprint density at radius 2 is 2.20 bits per heavy atom. The van der Waals surface area contributed by atoms with Crippen LogP contribution < -0.4 is 4.90 Å². The topological polar surface area (TPSA) is 68.5 Å². The zero-order valence-electron chi connectivity index (χ0n) is 8.13. The van der Waals surface area contributed by atoms with Crippen molar-refractivity contribution in [3.05, 3.63) is 28.6 Å². The summed E-state index contributed by atoms with van der Waals surface area (Å²) in [6, 6.07) is 1.42. The number of hydrogen-bond acceptors (Lipinski definition) is 5. The van der Waals surface area contributed by atoms with Crippen molar-refractivity contribution >= 4 is 11.4 Å². The Labute approximate surface area is 86.6 Å². The Bertz CT molecular complexity index is 363. The van der Waals surface area contributed by atoms with E-state index in [0.717, 1.165) is 0 Å². The van der Waals surface area contributed by atoms with Crippen LogP contribution in [0.3, 0.4) is 0 Å². The number of nitro groups is 1. The fourth-order valence-corrected chi connectivity index (χ4v) is 1.58. The summed E-state index contributed by atoms with van der Waals surface area (Å²) >= 11 is 0. The van der Waals surface area contributed by atoms with Gasteiger partial charge in [0, 0.05) is 25.4 Å². The number of hydrogen-bond donors (Lipinski definition) is 0. The van der Waals surface area contributed by atoms with Crippen molar-refractivity contribution in [2.75, 3.05) is 31.2 Å². The molecule has 0 unspecified atom stereocenters. The van der Waals surface area contributed by atoms with Crippen molar-refractivity contribution in [3.63, 3.8) is 0 Å². The molecule has 2 heterocycles. The van der Waals surface area contributed by atoms with Gasteiger partial charge in [-0.1, -0.05) is 0 Å². The molecule has 0 aliphatic carbocycles. The fraction of sp³-hybridized carbons (Fsp3) is 0.444. The molecule has 0 amide bonds. The summed E-state index contributed by atoms with van der Waals surface area (Å²) in [5.41, 5.74) is 0.678. The zero-order chi connectivity index (χ0) is 10.7. The van der Waals surface area contributed by atoms with Gasteiger partial charge in [0.25, 0.3) is 5.69 Å². The third-order valence-corrected chi connectivity index (χ3v) is 2.33. The van der Waals surface area contributed by atoms with Crippen LogP contribution >= 0.6 is 0 Å². The minimum atomic E-state index is -0.382. The molecule has 1 aromatic rings. The van der Waals surface area contributed by atoms with E-state index in [1.165, 1.54) is 18.5 Å². The average Bonchev–Trinajstić information content (AvgIpc) is 2.30. The normalized spacial score (nSPS) is 16.4. The van der Waals surface area contributed by atoms with E-state index in [0.29, 0.717) is 32.0 Å². The van der Waals surface area contributed by atoms with Crippen molar-refractivity contribution < 1.29 is 9.66 Å². The first-order valence-corrected chi connectivity index (χ1v) is 4.70. The van der Waals surface area contributed by atoms with Crippen LogP contribution in [-0.4, -0.2) is 36.2 Å². The maximum absolute atomic E-state index is 10.8. The molecule has 0 saturated carbocycles. The Balaban J connectivity index is 2.29. The largest absolute Gasteiger partial charge is 0.378 e. The van der Waals surface area contributed by atoms with E-state index < -0.39 is 0 Å². The first kappa shape index (κ1) is 9.85. The number of morpholine rings is 1. The van der Waals surface area contributed by atoms with E-state index in [4.69, 9.17) is 4.74 Å². The van der Waals surface area contributed by atoms with Gasteiger partial charge in [-0.25, -0.2) is 0 Å². The lowest BCUT2D eigenvalue weighted by Crippen LogP contribution is -2.36. The lowest BCUT2D eigenvalue weighted by atomic mass is 10.3. The molecular weight excluding hydrogens is 198 g/mol. The smallest absolute Gasteiger partial charge is 0.295 e. The quantitative estimate of drug-likeness (QED) is 0.533. The Hall–Kier alpha value is -1.69. The number of aromatic nitrogens is 1. The van der Waals surface area contributed by atoms with E-state index in [-0.39, 0.29) is 10.6 Å². The molecule has 6 nitrogen and oxygen atoms in total. The fourth-order valence-electron chi connectivity index (χ4n) is 1.58. The molecule has 1 fully saturated rings. The van der Waals surface area contributed by atoms with Crippen LogP contribution in [0.15, 0.2) is 18.5 Å². The van der Waals surface area contributed by atoms with Crippen molar-refractivity contribution in [1.29, 1.82) is 0 Å². The van der Waals surface area contributed by atoms with Gasteiger partial charge in [-0.15, -0.1) is 0 Å². The maximum Gasteiger partial charge on any atom is 0.295 e. The molecule has 0 atom stereocenters. The SMILES string of the molecule is O=[N+]([O-])c1ccncc1N1CCOCC1. The Morgan fingerprint density at radius 3 is 2.87 bits per heavy atom. The molecule has 0 N–H and O–H groups in total. The molecule has 0 bridgehead atoms. The summed E-state index contributed by atoms with van der Waals surface area (Å²) in [5.74, 6) is 0.